The van der Waals surface area contributed by atoms with E-state index in [4.69, 9.17) is 14.6 Å². The second kappa shape index (κ2) is 7.33. The van der Waals surface area contributed by atoms with Crippen LogP contribution in [0.3, 0.4) is 0 Å². The van der Waals surface area contributed by atoms with E-state index in [1.807, 2.05) is 36.4 Å². The third-order valence-electron chi connectivity index (χ3n) is 3.15. The number of aliphatic hydroxyl groups is 1. The second-order valence-electron chi connectivity index (χ2n) is 4.51. The van der Waals surface area contributed by atoms with Crippen molar-refractivity contribution < 1.29 is 14.6 Å². The van der Waals surface area contributed by atoms with Crippen molar-refractivity contribution >= 4 is 21.6 Å². The summed E-state index contributed by atoms with van der Waals surface area (Å²) in [5.41, 5.74) is 2.90. The number of aliphatic hydroxyl groups excluding tert-OH is 1. The van der Waals surface area contributed by atoms with Crippen LogP contribution in [0.4, 0.5) is 5.69 Å². The van der Waals surface area contributed by atoms with Gasteiger partial charge in [0.2, 0.25) is 0 Å². The lowest BCUT2D eigenvalue weighted by atomic mass is 10.1. The lowest BCUT2D eigenvalue weighted by Gasteiger charge is -2.13. The minimum atomic E-state index is 0.0373. The van der Waals surface area contributed by atoms with Crippen LogP contribution in [-0.2, 0) is 13.2 Å². The highest BCUT2D eigenvalue weighted by atomic mass is 79.9. The van der Waals surface area contributed by atoms with Gasteiger partial charge in [0.15, 0.2) is 11.5 Å². The molecule has 0 amide bonds. The third-order valence-corrected chi connectivity index (χ3v) is 3.88. The number of anilines is 1. The van der Waals surface area contributed by atoms with Crippen LogP contribution < -0.4 is 14.8 Å². The molecule has 0 atom stereocenters. The standard InChI is InChI=1S/C16H18BrNO3/c1-20-15-7-12(14(17)8-16(15)21-2)9-18-13-5-3-4-11(6-13)10-19/h3-8,18-19H,9-10H2,1-2H3. The minimum Gasteiger partial charge on any atom is -0.493 e. The van der Waals surface area contributed by atoms with Crippen LogP contribution in [-0.4, -0.2) is 19.3 Å². The van der Waals surface area contributed by atoms with Gasteiger partial charge < -0.3 is 19.9 Å². The molecule has 0 heterocycles. The quantitative estimate of drug-likeness (QED) is 0.835. The van der Waals surface area contributed by atoms with Crippen LogP contribution in [0, 0.1) is 0 Å². The normalized spacial score (nSPS) is 10.3. The van der Waals surface area contributed by atoms with Crippen molar-refractivity contribution in [3.8, 4) is 11.5 Å². The molecule has 2 aromatic carbocycles. The molecule has 0 bridgehead atoms. The number of methoxy groups -OCH3 is 2. The summed E-state index contributed by atoms with van der Waals surface area (Å²) in [6.07, 6.45) is 0. The van der Waals surface area contributed by atoms with E-state index in [-0.39, 0.29) is 6.61 Å². The molecule has 2 aromatic rings. The average Bonchev–Trinajstić information content (AvgIpc) is 2.53. The zero-order valence-electron chi connectivity index (χ0n) is 12.0. The summed E-state index contributed by atoms with van der Waals surface area (Å²) in [4.78, 5) is 0. The van der Waals surface area contributed by atoms with Gasteiger partial charge in [0.1, 0.15) is 0 Å². The Labute approximate surface area is 132 Å². The number of halogens is 1. The molecule has 4 nitrogen and oxygen atoms in total. The fourth-order valence-electron chi connectivity index (χ4n) is 2.01. The van der Waals surface area contributed by atoms with E-state index in [9.17, 15) is 0 Å². The van der Waals surface area contributed by atoms with Crippen molar-refractivity contribution in [1.82, 2.24) is 0 Å². The molecule has 0 saturated carbocycles. The fraction of sp³-hybridized carbons (Fsp3) is 0.250. The number of nitrogens with one attached hydrogen (secondary N) is 1. The van der Waals surface area contributed by atoms with Gasteiger partial charge in [-0.05, 0) is 35.4 Å². The molecule has 0 unspecified atom stereocenters. The van der Waals surface area contributed by atoms with Crippen molar-refractivity contribution in [3.63, 3.8) is 0 Å². The fourth-order valence-corrected chi connectivity index (χ4v) is 2.47. The molecule has 0 aliphatic carbocycles. The molecule has 2 N–H and O–H groups in total. The molecular formula is C16H18BrNO3. The zero-order valence-corrected chi connectivity index (χ0v) is 13.6. The predicted octanol–water partition coefficient (Wildman–Crippen LogP) is 3.57. The summed E-state index contributed by atoms with van der Waals surface area (Å²) >= 11 is 3.54. The lowest BCUT2D eigenvalue weighted by molar-refractivity contribution is 0.282. The Morgan fingerprint density at radius 2 is 1.81 bits per heavy atom. The van der Waals surface area contributed by atoms with Crippen LogP contribution in [0.1, 0.15) is 11.1 Å². The van der Waals surface area contributed by atoms with Crippen LogP contribution in [0.15, 0.2) is 40.9 Å². The largest absolute Gasteiger partial charge is 0.493 e. The van der Waals surface area contributed by atoms with Crippen LogP contribution in [0.5, 0.6) is 11.5 Å². The van der Waals surface area contributed by atoms with Gasteiger partial charge in [-0.2, -0.15) is 0 Å². The maximum atomic E-state index is 9.15. The zero-order chi connectivity index (χ0) is 15.2. The molecule has 0 spiro atoms. The monoisotopic (exact) mass is 351 g/mol. The van der Waals surface area contributed by atoms with Crippen LogP contribution >= 0.6 is 15.9 Å². The Kier molecular flexibility index (Phi) is 5.47. The molecule has 0 aliphatic heterocycles. The Morgan fingerprint density at radius 3 is 2.48 bits per heavy atom. The summed E-state index contributed by atoms with van der Waals surface area (Å²) in [6.45, 7) is 0.672. The Balaban J connectivity index is 2.15. The van der Waals surface area contributed by atoms with Gasteiger partial charge in [-0.25, -0.2) is 0 Å². The van der Waals surface area contributed by atoms with Crippen molar-refractivity contribution in [1.29, 1.82) is 0 Å². The first kappa shape index (κ1) is 15.7. The van der Waals surface area contributed by atoms with Gasteiger partial charge in [-0.15, -0.1) is 0 Å². The first-order chi connectivity index (χ1) is 10.2. The molecule has 0 aliphatic rings. The summed E-state index contributed by atoms with van der Waals surface area (Å²) in [7, 11) is 3.23. The van der Waals surface area contributed by atoms with Gasteiger partial charge in [-0.3, -0.25) is 0 Å². The van der Waals surface area contributed by atoms with Gasteiger partial charge in [0.25, 0.3) is 0 Å². The van der Waals surface area contributed by atoms with Crippen molar-refractivity contribution in [3.05, 3.63) is 52.0 Å². The number of benzene rings is 2. The molecule has 112 valence electrons. The average molecular weight is 352 g/mol. The van der Waals surface area contributed by atoms with Crippen molar-refractivity contribution in [2.45, 2.75) is 13.2 Å². The summed E-state index contributed by atoms with van der Waals surface area (Å²) in [5.74, 6) is 1.39. The third kappa shape index (κ3) is 3.89. The second-order valence-corrected chi connectivity index (χ2v) is 5.36. The first-order valence-electron chi connectivity index (χ1n) is 6.52. The highest BCUT2D eigenvalue weighted by Gasteiger charge is 2.09. The number of hydrogen-bond donors (Lipinski definition) is 2. The van der Waals surface area contributed by atoms with E-state index < -0.39 is 0 Å². The molecule has 2 rings (SSSR count). The Hall–Kier alpha value is -1.72. The highest BCUT2D eigenvalue weighted by Crippen LogP contribution is 2.33. The maximum Gasteiger partial charge on any atom is 0.161 e. The Morgan fingerprint density at radius 1 is 1.10 bits per heavy atom. The lowest BCUT2D eigenvalue weighted by Crippen LogP contribution is -2.02. The van der Waals surface area contributed by atoms with Crippen molar-refractivity contribution in [2.24, 2.45) is 0 Å². The smallest absolute Gasteiger partial charge is 0.161 e. The van der Waals surface area contributed by atoms with E-state index in [0.717, 1.165) is 21.3 Å². The van der Waals surface area contributed by atoms with Crippen LogP contribution in [0.25, 0.3) is 0 Å². The molecule has 0 fully saturated rings. The molecule has 5 heteroatoms. The van der Waals surface area contributed by atoms with Crippen molar-refractivity contribution in [2.75, 3.05) is 19.5 Å². The van der Waals surface area contributed by atoms with Gasteiger partial charge in [-0.1, -0.05) is 28.1 Å². The minimum absolute atomic E-state index is 0.0373. The number of rotatable bonds is 6. The summed E-state index contributed by atoms with van der Waals surface area (Å²) in [6, 6.07) is 11.5. The van der Waals surface area contributed by atoms with Gasteiger partial charge in [0.05, 0.1) is 20.8 Å². The van der Waals surface area contributed by atoms with E-state index in [0.29, 0.717) is 18.0 Å². The number of hydrogen-bond acceptors (Lipinski definition) is 4. The topological polar surface area (TPSA) is 50.7 Å². The Bertz CT molecular complexity index is 616. The van der Waals surface area contributed by atoms with E-state index in [1.54, 1.807) is 14.2 Å². The van der Waals surface area contributed by atoms with E-state index >= 15 is 0 Å². The SMILES string of the molecule is COc1cc(Br)c(CNc2cccc(CO)c2)cc1OC. The molecule has 21 heavy (non-hydrogen) atoms. The number of ether oxygens (including phenoxy) is 2. The first-order valence-corrected chi connectivity index (χ1v) is 7.31. The van der Waals surface area contributed by atoms with Crippen LogP contribution in [0.2, 0.25) is 0 Å². The predicted molar refractivity (Wildman–Crippen MR) is 86.9 cm³/mol. The maximum absolute atomic E-state index is 9.15. The summed E-state index contributed by atoms with van der Waals surface area (Å²) in [5, 5.41) is 12.5. The van der Waals surface area contributed by atoms with E-state index in [2.05, 4.69) is 21.2 Å². The summed E-state index contributed by atoms with van der Waals surface area (Å²) < 4.78 is 11.5. The van der Waals surface area contributed by atoms with E-state index in [1.165, 1.54) is 0 Å². The molecule has 0 radical (unpaired) electrons. The van der Waals surface area contributed by atoms with Gasteiger partial charge in [0, 0.05) is 16.7 Å². The molecular weight excluding hydrogens is 334 g/mol. The highest BCUT2D eigenvalue weighted by molar-refractivity contribution is 9.10. The van der Waals surface area contributed by atoms with Gasteiger partial charge >= 0.3 is 0 Å². The molecule has 0 saturated heterocycles. The molecule has 0 aromatic heterocycles.